The van der Waals surface area contributed by atoms with Crippen LogP contribution in [0.4, 0.5) is 5.00 Å². The van der Waals surface area contributed by atoms with Crippen LogP contribution in [0.2, 0.25) is 0 Å². The number of carbonyl (C=O) groups excluding carboxylic acids is 1. The van der Waals surface area contributed by atoms with E-state index in [0.717, 1.165) is 48.6 Å². The van der Waals surface area contributed by atoms with Gasteiger partial charge < -0.3 is 9.80 Å². The standard InChI is InChI=1S/C20H25N3OS/c1-14(2)23-17(19(24)22-11-7-4-8-12-22)13-16-20(23)25-18(21-16)15-9-5-3-6-10-15/h3,5-6,9-10,14,17H,4,7-8,11-13H2,1-2H3/t17-/m0/s1. The van der Waals surface area contributed by atoms with E-state index >= 15 is 0 Å². The fraction of sp³-hybridized carbons (Fsp3) is 0.500. The van der Waals surface area contributed by atoms with Crippen LogP contribution < -0.4 is 4.90 Å². The topological polar surface area (TPSA) is 36.4 Å². The van der Waals surface area contributed by atoms with Crippen LogP contribution in [0, 0.1) is 0 Å². The number of carbonyl (C=O) groups is 1. The fourth-order valence-electron chi connectivity index (χ4n) is 3.93. The van der Waals surface area contributed by atoms with Crippen molar-refractivity contribution >= 4 is 22.2 Å². The maximum absolute atomic E-state index is 13.1. The minimum absolute atomic E-state index is 0.0725. The summed E-state index contributed by atoms with van der Waals surface area (Å²) in [5, 5.41) is 2.24. The number of aromatic nitrogens is 1. The average molecular weight is 356 g/mol. The number of rotatable bonds is 3. The normalized spacial score (nSPS) is 20.2. The summed E-state index contributed by atoms with van der Waals surface area (Å²) in [6, 6.07) is 10.5. The predicted molar refractivity (Wildman–Crippen MR) is 103 cm³/mol. The summed E-state index contributed by atoms with van der Waals surface area (Å²) in [5.41, 5.74) is 2.25. The minimum Gasteiger partial charge on any atom is -0.347 e. The Kier molecular flexibility index (Phi) is 4.50. The predicted octanol–water partition coefficient (Wildman–Crippen LogP) is 3.96. The third-order valence-corrected chi connectivity index (χ3v) is 6.32. The maximum Gasteiger partial charge on any atom is 0.245 e. The molecule has 0 bridgehead atoms. The molecule has 0 spiro atoms. The molecule has 0 saturated carbocycles. The molecule has 1 amide bonds. The molecular weight excluding hydrogens is 330 g/mol. The first-order valence-corrected chi connectivity index (χ1v) is 10.1. The van der Waals surface area contributed by atoms with Crippen molar-refractivity contribution in [3.8, 4) is 10.6 Å². The molecule has 0 radical (unpaired) electrons. The summed E-state index contributed by atoms with van der Waals surface area (Å²) in [6.45, 7) is 6.18. The van der Waals surface area contributed by atoms with Crippen molar-refractivity contribution in [3.05, 3.63) is 36.0 Å². The Morgan fingerprint density at radius 2 is 1.88 bits per heavy atom. The van der Waals surface area contributed by atoms with E-state index < -0.39 is 0 Å². The van der Waals surface area contributed by atoms with Gasteiger partial charge in [0.25, 0.3) is 0 Å². The number of amides is 1. The van der Waals surface area contributed by atoms with E-state index in [9.17, 15) is 4.79 Å². The van der Waals surface area contributed by atoms with Gasteiger partial charge >= 0.3 is 0 Å². The monoisotopic (exact) mass is 355 g/mol. The molecule has 4 nitrogen and oxygen atoms in total. The minimum atomic E-state index is -0.0725. The Balaban J connectivity index is 1.61. The first-order valence-electron chi connectivity index (χ1n) is 9.27. The number of hydrogen-bond acceptors (Lipinski definition) is 4. The summed E-state index contributed by atoms with van der Waals surface area (Å²) in [7, 11) is 0. The molecule has 1 atom stereocenters. The highest BCUT2D eigenvalue weighted by Gasteiger charge is 2.40. The molecule has 1 saturated heterocycles. The van der Waals surface area contributed by atoms with E-state index in [1.54, 1.807) is 11.3 Å². The van der Waals surface area contributed by atoms with Gasteiger partial charge in [-0.2, -0.15) is 0 Å². The van der Waals surface area contributed by atoms with Crippen molar-refractivity contribution in [3.63, 3.8) is 0 Å². The highest BCUT2D eigenvalue weighted by atomic mass is 32.1. The second-order valence-corrected chi connectivity index (χ2v) is 8.22. The van der Waals surface area contributed by atoms with Gasteiger partial charge in [-0.05, 0) is 33.1 Å². The highest BCUT2D eigenvalue weighted by Crippen LogP contribution is 2.42. The lowest BCUT2D eigenvalue weighted by molar-refractivity contribution is -0.133. The molecule has 1 fully saturated rings. The van der Waals surface area contributed by atoms with Crippen molar-refractivity contribution in [2.45, 2.75) is 51.6 Å². The summed E-state index contributed by atoms with van der Waals surface area (Å²) in [6.07, 6.45) is 4.26. The lowest BCUT2D eigenvalue weighted by atomic mass is 10.1. The Bertz CT molecular complexity index is 750. The van der Waals surface area contributed by atoms with Gasteiger partial charge in [0.2, 0.25) is 5.91 Å². The van der Waals surface area contributed by atoms with Gasteiger partial charge in [0.05, 0.1) is 5.69 Å². The first kappa shape index (κ1) is 16.6. The molecule has 5 heteroatoms. The molecule has 1 aromatic carbocycles. The molecule has 3 heterocycles. The van der Waals surface area contributed by atoms with Crippen LogP contribution in [0.15, 0.2) is 30.3 Å². The van der Waals surface area contributed by atoms with E-state index in [0.29, 0.717) is 11.9 Å². The lowest BCUT2D eigenvalue weighted by Crippen LogP contribution is -2.51. The highest BCUT2D eigenvalue weighted by molar-refractivity contribution is 7.19. The van der Waals surface area contributed by atoms with E-state index in [2.05, 4.69) is 35.8 Å². The SMILES string of the molecule is CC(C)N1c2sc(-c3ccccc3)nc2C[C@H]1C(=O)N1CCCCC1. The van der Waals surface area contributed by atoms with Crippen LogP contribution >= 0.6 is 11.3 Å². The first-order chi connectivity index (χ1) is 12.1. The molecule has 0 N–H and O–H groups in total. The van der Waals surface area contributed by atoms with Gasteiger partial charge in [-0.15, -0.1) is 0 Å². The van der Waals surface area contributed by atoms with Crippen molar-refractivity contribution < 1.29 is 4.79 Å². The molecule has 2 aromatic rings. The molecule has 2 aliphatic heterocycles. The largest absolute Gasteiger partial charge is 0.347 e. The summed E-state index contributed by atoms with van der Waals surface area (Å²) < 4.78 is 0. The number of benzene rings is 1. The fourth-order valence-corrected chi connectivity index (χ4v) is 5.21. The van der Waals surface area contributed by atoms with Gasteiger partial charge in [0.1, 0.15) is 16.1 Å². The van der Waals surface area contributed by atoms with Gasteiger partial charge in [0.15, 0.2) is 0 Å². The summed E-state index contributed by atoms with van der Waals surface area (Å²) in [5.74, 6) is 0.292. The summed E-state index contributed by atoms with van der Waals surface area (Å²) >= 11 is 1.72. The van der Waals surface area contributed by atoms with Crippen molar-refractivity contribution in [1.29, 1.82) is 0 Å². The molecule has 25 heavy (non-hydrogen) atoms. The van der Waals surface area contributed by atoms with Crippen LogP contribution in [-0.2, 0) is 11.2 Å². The zero-order chi connectivity index (χ0) is 17.4. The average Bonchev–Trinajstić information content (AvgIpc) is 3.20. The zero-order valence-corrected chi connectivity index (χ0v) is 15.8. The number of hydrogen-bond donors (Lipinski definition) is 0. The second kappa shape index (κ2) is 6.79. The number of likely N-dealkylation sites (tertiary alicyclic amines) is 1. The molecule has 0 unspecified atom stereocenters. The van der Waals surface area contributed by atoms with Crippen LogP contribution in [-0.4, -0.2) is 41.0 Å². The number of piperidine rings is 1. The molecule has 0 aliphatic carbocycles. The Morgan fingerprint density at radius 3 is 2.56 bits per heavy atom. The van der Waals surface area contributed by atoms with Gasteiger partial charge in [0, 0.05) is 31.1 Å². The van der Waals surface area contributed by atoms with Crippen LogP contribution in [0.1, 0.15) is 38.8 Å². The van der Waals surface area contributed by atoms with E-state index in [1.165, 1.54) is 11.4 Å². The molecule has 1 aromatic heterocycles. The second-order valence-electron chi connectivity index (χ2n) is 7.24. The Labute approximate surface area is 153 Å². The quantitative estimate of drug-likeness (QED) is 0.836. The Hall–Kier alpha value is -1.88. The Morgan fingerprint density at radius 1 is 1.16 bits per heavy atom. The van der Waals surface area contributed by atoms with Gasteiger partial charge in [-0.3, -0.25) is 4.79 Å². The molecule has 132 valence electrons. The van der Waals surface area contributed by atoms with Crippen molar-refractivity contribution in [1.82, 2.24) is 9.88 Å². The smallest absolute Gasteiger partial charge is 0.245 e. The third-order valence-electron chi connectivity index (χ3n) is 5.16. The van der Waals surface area contributed by atoms with Crippen LogP contribution in [0.3, 0.4) is 0 Å². The molecule has 2 aliphatic rings. The van der Waals surface area contributed by atoms with E-state index in [1.807, 2.05) is 18.2 Å². The van der Waals surface area contributed by atoms with Gasteiger partial charge in [-0.1, -0.05) is 41.7 Å². The lowest BCUT2D eigenvalue weighted by Gasteiger charge is -2.35. The number of nitrogens with zero attached hydrogens (tertiary/aromatic N) is 3. The maximum atomic E-state index is 13.1. The third kappa shape index (κ3) is 3.06. The number of anilines is 1. The van der Waals surface area contributed by atoms with E-state index in [4.69, 9.17) is 4.98 Å². The van der Waals surface area contributed by atoms with Gasteiger partial charge in [-0.25, -0.2) is 4.98 Å². The van der Waals surface area contributed by atoms with E-state index in [-0.39, 0.29) is 6.04 Å². The number of thiazole rings is 1. The van der Waals surface area contributed by atoms with Crippen molar-refractivity contribution in [2.75, 3.05) is 18.0 Å². The zero-order valence-electron chi connectivity index (χ0n) is 14.9. The molecular formula is C20H25N3OS. The summed E-state index contributed by atoms with van der Waals surface area (Å²) in [4.78, 5) is 22.3. The van der Waals surface area contributed by atoms with Crippen molar-refractivity contribution in [2.24, 2.45) is 0 Å². The van der Waals surface area contributed by atoms with Crippen LogP contribution in [0.5, 0.6) is 0 Å². The molecule has 4 rings (SSSR count). The van der Waals surface area contributed by atoms with Crippen LogP contribution in [0.25, 0.3) is 10.6 Å². The number of fused-ring (bicyclic) bond motifs is 1.